The number of carbonyl (C=O) groups excluding carboxylic acids is 1. The Morgan fingerprint density at radius 3 is 2.71 bits per heavy atom. The lowest BCUT2D eigenvalue weighted by Crippen LogP contribution is -2.22. The van der Waals surface area contributed by atoms with E-state index in [2.05, 4.69) is 5.32 Å². The van der Waals surface area contributed by atoms with Crippen LogP contribution in [0.1, 0.15) is 6.92 Å². The van der Waals surface area contributed by atoms with E-state index in [1.165, 1.54) is 6.54 Å². The summed E-state index contributed by atoms with van der Waals surface area (Å²) in [7, 11) is 0. The molecule has 0 heterocycles. The lowest BCUT2D eigenvalue weighted by Gasteiger charge is -1.90. The fraction of sp³-hybridized carbons (Fsp3) is 0.500. The van der Waals surface area contributed by atoms with Crippen molar-refractivity contribution in [3.8, 4) is 0 Å². The fourth-order valence-electron chi connectivity index (χ4n) is 0.203. The molecule has 0 aliphatic rings. The summed E-state index contributed by atoms with van der Waals surface area (Å²) in [5, 5.41) is 2.65. The highest BCUT2D eigenvalue weighted by Crippen LogP contribution is 1.61. The molecule has 0 rings (SSSR count). The van der Waals surface area contributed by atoms with E-state index in [0.717, 1.165) is 6.54 Å². The second kappa shape index (κ2) is 3.61. The highest BCUT2D eigenvalue weighted by molar-refractivity contribution is 5.82. The van der Waals surface area contributed by atoms with Crippen LogP contribution in [-0.2, 0) is 4.79 Å². The highest BCUT2D eigenvalue weighted by Gasteiger charge is 1.87. The van der Waals surface area contributed by atoms with E-state index in [1.54, 1.807) is 0 Å². The monoisotopic (exact) mass is 101 g/mol. The van der Waals surface area contributed by atoms with Crippen LogP contribution in [0.2, 0.25) is 0 Å². The van der Waals surface area contributed by atoms with Gasteiger partial charge in [0.1, 0.15) is 6.54 Å². The molecule has 0 unspecified atom stereocenters. The van der Waals surface area contributed by atoms with Gasteiger partial charge in [0, 0.05) is 0 Å². The first-order valence-corrected chi connectivity index (χ1v) is 2.13. The van der Waals surface area contributed by atoms with Crippen molar-refractivity contribution >= 4 is 5.91 Å². The lowest BCUT2D eigenvalue weighted by atomic mass is 10.6. The quantitative estimate of drug-likeness (QED) is 0.491. The summed E-state index contributed by atoms with van der Waals surface area (Å²) in [5.41, 5.74) is 4.72. The molecule has 3 heteroatoms. The summed E-state index contributed by atoms with van der Waals surface area (Å²) in [6.07, 6.45) is 0. The van der Waals surface area contributed by atoms with Crippen molar-refractivity contribution in [1.29, 1.82) is 0 Å². The molecule has 0 bridgehead atoms. The molecule has 1 radical (unpaired) electrons. The van der Waals surface area contributed by atoms with Gasteiger partial charge in [-0.05, 0) is 6.54 Å². The molecule has 3 nitrogen and oxygen atoms in total. The predicted octanol–water partition coefficient (Wildman–Crippen LogP) is -0.757. The minimum atomic E-state index is -0.429. The average molecular weight is 101 g/mol. The molecule has 3 N–H and O–H groups in total. The van der Waals surface area contributed by atoms with Gasteiger partial charge in [0.2, 0.25) is 5.91 Å². The summed E-state index contributed by atoms with van der Waals surface area (Å²) in [6, 6.07) is 0. The van der Waals surface area contributed by atoms with Crippen LogP contribution in [0.25, 0.3) is 0 Å². The van der Waals surface area contributed by atoms with Crippen LogP contribution in [-0.4, -0.2) is 12.5 Å². The smallest absolute Gasteiger partial charge is 0.236 e. The minimum absolute atomic E-state index is 0.429. The topological polar surface area (TPSA) is 55.1 Å². The molecule has 0 aromatic carbocycles. The van der Waals surface area contributed by atoms with Gasteiger partial charge >= 0.3 is 0 Å². The Morgan fingerprint density at radius 1 is 2.00 bits per heavy atom. The Hall–Kier alpha value is -0.570. The molecule has 0 aromatic rings. The normalized spacial score (nSPS) is 8.71. The number of nitrogens with two attached hydrogens (primary N) is 1. The maximum Gasteiger partial charge on any atom is 0.236 e. The summed E-state index contributed by atoms with van der Waals surface area (Å²) in [6.45, 7) is 3.86. The molecular weight excluding hydrogens is 92.1 g/mol. The lowest BCUT2D eigenvalue weighted by molar-refractivity contribution is -0.115. The number of amides is 1. The van der Waals surface area contributed by atoms with Crippen molar-refractivity contribution in [2.45, 2.75) is 6.92 Å². The van der Waals surface area contributed by atoms with E-state index in [0.29, 0.717) is 0 Å². The molecule has 0 saturated heterocycles. The molecule has 1 amide bonds. The Balaban J connectivity index is 2.82. The first kappa shape index (κ1) is 6.43. The maximum atomic E-state index is 9.86. The number of likely N-dealkylation sites (N-methyl/N-ethyl adjacent to an activating group) is 1. The van der Waals surface area contributed by atoms with Crippen molar-refractivity contribution in [2.75, 3.05) is 6.54 Å². The maximum absolute atomic E-state index is 9.86. The summed E-state index contributed by atoms with van der Waals surface area (Å²) in [5.74, 6) is -0.429. The zero-order valence-electron chi connectivity index (χ0n) is 4.27. The number of hydrogen-bond acceptors (Lipinski definition) is 2. The molecule has 0 saturated carbocycles. The molecule has 0 atom stereocenters. The van der Waals surface area contributed by atoms with Gasteiger partial charge in [-0.1, -0.05) is 6.92 Å². The molecule has 41 valence electrons. The van der Waals surface area contributed by atoms with E-state index >= 15 is 0 Å². The van der Waals surface area contributed by atoms with Crippen LogP contribution >= 0.6 is 0 Å². The van der Waals surface area contributed by atoms with Gasteiger partial charge in [-0.15, -0.1) is 0 Å². The molecule has 0 aliphatic heterocycles. The highest BCUT2D eigenvalue weighted by atomic mass is 16.1. The van der Waals surface area contributed by atoms with Gasteiger partial charge in [0.15, 0.2) is 0 Å². The number of hydrogen-bond donors (Lipinski definition) is 2. The standard InChI is InChI=1S/C4H9N2O/c1-2-6-3-4(5)7/h3,6H,2H2,1H3,(H2,5,7). The second-order valence-corrected chi connectivity index (χ2v) is 1.10. The van der Waals surface area contributed by atoms with E-state index in [9.17, 15) is 4.79 Å². The molecule has 0 spiro atoms. The zero-order chi connectivity index (χ0) is 5.70. The fourth-order valence-corrected chi connectivity index (χ4v) is 0.203. The van der Waals surface area contributed by atoms with Crippen molar-refractivity contribution in [1.82, 2.24) is 5.32 Å². The SMILES string of the molecule is CCN[CH]C(N)=O. The van der Waals surface area contributed by atoms with Gasteiger partial charge in [0.05, 0.1) is 0 Å². The van der Waals surface area contributed by atoms with Crippen LogP contribution in [0.15, 0.2) is 0 Å². The van der Waals surface area contributed by atoms with Crippen LogP contribution in [0.4, 0.5) is 0 Å². The van der Waals surface area contributed by atoms with Gasteiger partial charge in [0.25, 0.3) is 0 Å². The molecule has 7 heavy (non-hydrogen) atoms. The number of primary amides is 1. The van der Waals surface area contributed by atoms with Crippen molar-refractivity contribution in [3.63, 3.8) is 0 Å². The van der Waals surface area contributed by atoms with Crippen molar-refractivity contribution in [2.24, 2.45) is 5.73 Å². The second-order valence-electron chi connectivity index (χ2n) is 1.10. The number of nitrogens with one attached hydrogen (secondary N) is 1. The van der Waals surface area contributed by atoms with Gasteiger partial charge in [-0.3, -0.25) is 4.79 Å². The number of rotatable bonds is 3. The Kier molecular flexibility index (Phi) is 3.32. The van der Waals surface area contributed by atoms with Crippen LogP contribution in [0, 0.1) is 6.54 Å². The van der Waals surface area contributed by atoms with Crippen molar-refractivity contribution < 1.29 is 4.79 Å². The van der Waals surface area contributed by atoms with E-state index < -0.39 is 5.91 Å². The van der Waals surface area contributed by atoms with Crippen LogP contribution in [0.5, 0.6) is 0 Å². The predicted molar refractivity (Wildman–Crippen MR) is 27.2 cm³/mol. The van der Waals surface area contributed by atoms with E-state index in [1.807, 2.05) is 6.92 Å². The summed E-state index contributed by atoms with van der Waals surface area (Å²) < 4.78 is 0. The zero-order valence-corrected chi connectivity index (χ0v) is 4.27. The third kappa shape index (κ3) is 5.43. The van der Waals surface area contributed by atoms with E-state index in [-0.39, 0.29) is 0 Å². The summed E-state index contributed by atoms with van der Waals surface area (Å²) in [4.78, 5) is 9.86. The first-order valence-electron chi connectivity index (χ1n) is 2.13. The van der Waals surface area contributed by atoms with Crippen molar-refractivity contribution in [3.05, 3.63) is 6.54 Å². The van der Waals surface area contributed by atoms with E-state index in [4.69, 9.17) is 5.73 Å². The van der Waals surface area contributed by atoms with Crippen LogP contribution in [0.3, 0.4) is 0 Å². The Labute approximate surface area is 42.9 Å². The average Bonchev–Trinajstić information content (AvgIpc) is 1.61. The van der Waals surface area contributed by atoms with Gasteiger partial charge in [-0.25, -0.2) is 0 Å². The largest absolute Gasteiger partial charge is 0.368 e. The Morgan fingerprint density at radius 2 is 2.57 bits per heavy atom. The third-order valence-corrected chi connectivity index (χ3v) is 0.448. The number of carbonyl (C=O) groups is 1. The first-order chi connectivity index (χ1) is 3.27. The van der Waals surface area contributed by atoms with Gasteiger partial charge in [-0.2, -0.15) is 0 Å². The minimum Gasteiger partial charge on any atom is -0.368 e. The molecule has 0 aromatic heterocycles. The molecular formula is C4H9N2O. The van der Waals surface area contributed by atoms with Gasteiger partial charge < -0.3 is 11.1 Å². The summed E-state index contributed by atoms with van der Waals surface area (Å²) >= 11 is 0. The molecule has 0 aliphatic carbocycles. The third-order valence-electron chi connectivity index (χ3n) is 0.448. The Bertz CT molecular complexity index is 62.7. The van der Waals surface area contributed by atoms with Crippen LogP contribution < -0.4 is 11.1 Å². The molecule has 0 fully saturated rings.